The van der Waals surface area contributed by atoms with Crippen LogP contribution in [0.5, 0.6) is 0 Å². The molecule has 110 valence electrons. The van der Waals surface area contributed by atoms with E-state index in [1.54, 1.807) is 13.0 Å². The molecule has 0 radical (unpaired) electrons. The van der Waals surface area contributed by atoms with E-state index in [9.17, 15) is 4.79 Å². The van der Waals surface area contributed by atoms with Crippen molar-refractivity contribution in [1.82, 2.24) is 4.98 Å². The van der Waals surface area contributed by atoms with Crippen LogP contribution in [0.15, 0.2) is 12.3 Å². The fourth-order valence-electron chi connectivity index (χ4n) is 2.49. The second-order valence-electron chi connectivity index (χ2n) is 4.83. The molecule has 0 spiro atoms. The molecule has 2 atom stereocenters. The van der Waals surface area contributed by atoms with Gasteiger partial charge in [-0.25, -0.2) is 9.78 Å². The highest BCUT2D eigenvalue weighted by molar-refractivity contribution is 7.99. The Bertz CT molecular complexity index is 481. The first-order chi connectivity index (χ1) is 9.65. The molecule has 20 heavy (non-hydrogen) atoms. The standard InChI is InChI=1S/C14H21N3O2S/c1-3-19-14(18)9-7-13(16-8-10(9)15)17-11-5-4-6-12(11)20-2/h7-8,11-12H,3-6,15H2,1-2H3,(H,16,17). The Kier molecular flexibility index (Phi) is 5.11. The van der Waals surface area contributed by atoms with E-state index in [1.807, 2.05) is 11.8 Å². The van der Waals surface area contributed by atoms with Gasteiger partial charge < -0.3 is 15.8 Å². The lowest BCUT2D eigenvalue weighted by atomic mass is 10.2. The van der Waals surface area contributed by atoms with Gasteiger partial charge in [-0.3, -0.25) is 0 Å². The zero-order chi connectivity index (χ0) is 14.5. The van der Waals surface area contributed by atoms with Crippen LogP contribution in [-0.2, 0) is 4.74 Å². The van der Waals surface area contributed by atoms with Gasteiger partial charge in [-0.1, -0.05) is 6.42 Å². The molecular formula is C14H21N3O2S. The molecule has 2 rings (SSSR count). The number of anilines is 2. The summed E-state index contributed by atoms with van der Waals surface area (Å²) < 4.78 is 5.00. The van der Waals surface area contributed by atoms with Gasteiger partial charge in [0.2, 0.25) is 0 Å². The van der Waals surface area contributed by atoms with Crippen LogP contribution in [0.4, 0.5) is 11.5 Å². The summed E-state index contributed by atoms with van der Waals surface area (Å²) in [6, 6.07) is 2.08. The van der Waals surface area contributed by atoms with Crippen LogP contribution in [0.3, 0.4) is 0 Å². The van der Waals surface area contributed by atoms with E-state index in [1.165, 1.54) is 19.0 Å². The maximum absolute atomic E-state index is 11.8. The molecule has 0 aliphatic heterocycles. The predicted octanol–water partition coefficient (Wildman–Crippen LogP) is 2.54. The highest BCUT2D eigenvalue weighted by atomic mass is 32.2. The number of hydrogen-bond acceptors (Lipinski definition) is 6. The first kappa shape index (κ1) is 15.0. The summed E-state index contributed by atoms with van der Waals surface area (Å²) in [5.74, 6) is 0.288. The summed E-state index contributed by atoms with van der Waals surface area (Å²) in [7, 11) is 0. The van der Waals surface area contributed by atoms with Crippen molar-refractivity contribution >= 4 is 29.2 Å². The normalized spacial score (nSPS) is 21.7. The van der Waals surface area contributed by atoms with Crippen LogP contribution in [0.25, 0.3) is 0 Å². The number of nitrogens with one attached hydrogen (secondary N) is 1. The second kappa shape index (κ2) is 6.83. The number of ether oxygens (including phenoxy) is 1. The number of thioether (sulfide) groups is 1. The van der Waals surface area contributed by atoms with E-state index < -0.39 is 5.97 Å². The second-order valence-corrected chi connectivity index (χ2v) is 5.91. The monoisotopic (exact) mass is 295 g/mol. The quantitative estimate of drug-likeness (QED) is 0.813. The molecular weight excluding hydrogens is 274 g/mol. The zero-order valence-electron chi connectivity index (χ0n) is 11.9. The lowest BCUT2D eigenvalue weighted by Crippen LogP contribution is -2.26. The van der Waals surface area contributed by atoms with Gasteiger partial charge in [0.25, 0.3) is 0 Å². The van der Waals surface area contributed by atoms with E-state index in [0.717, 1.165) is 6.42 Å². The Morgan fingerprint density at radius 1 is 1.60 bits per heavy atom. The average Bonchev–Trinajstić information content (AvgIpc) is 2.88. The van der Waals surface area contributed by atoms with Crippen molar-refractivity contribution in [3.05, 3.63) is 17.8 Å². The highest BCUT2D eigenvalue weighted by Gasteiger charge is 2.26. The minimum absolute atomic E-state index is 0.334. The molecule has 0 aromatic carbocycles. The van der Waals surface area contributed by atoms with Gasteiger partial charge in [0, 0.05) is 11.3 Å². The summed E-state index contributed by atoms with van der Waals surface area (Å²) in [5, 5.41) is 4.01. The fourth-order valence-corrected chi connectivity index (χ4v) is 3.43. The first-order valence-corrected chi connectivity index (χ1v) is 8.16. The van der Waals surface area contributed by atoms with E-state index in [0.29, 0.717) is 35.0 Å². The van der Waals surface area contributed by atoms with Crippen LogP contribution in [-0.4, -0.2) is 35.1 Å². The predicted molar refractivity (Wildman–Crippen MR) is 83.2 cm³/mol. The molecule has 1 fully saturated rings. The van der Waals surface area contributed by atoms with Crippen molar-refractivity contribution in [3.63, 3.8) is 0 Å². The number of nitrogen functional groups attached to an aromatic ring is 1. The topological polar surface area (TPSA) is 77.2 Å². The molecule has 0 amide bonds. The maximum Gasteiger partial charge on any atom is 0.340 e. The van der Waals surface area contributed by atoms with Gasteiger partial charge in [0.1, 0.15) is 5.82 Å². The molecule has 5 nitrogen and oxygen atoms in total. The van der Waals surface area contributed by atoms with Gasteiger partial charge in [-0.05, 0) is 32.1 Å². The van der Waals surface area contributed by atoms with Crippen LogP contribution in [0, 0.1) is 0 Å². The summed E-state index contributed by atoms with van der Waals surface area (Å²) in [4.78, 5) is 16.1. The Morgan fingerprint density at radius 2 is 2.40 bits per heavy atom. The molecule has 1 aliphatic carbocycles. The molecule has 2 unspecified atom stereocenters. The summed E-state index contributed by atoms with van der Waals surface area (Å²) in [6.45, 7) is 2.11. The highest BCUT2D eigenvalue weighted by Crippen LogP contribution is 2.30. The molecule has 1 aromatic rings. The van der Waals surface area contributed by atoms with E-state index >= 15 is 0 Å². The Labute approximate surface area is 123 Å². The number of nitrogens with two attached hydrogens (primary N) is 1. The molecule has 1 aliphatic rings. The molecule has 0 bridgehead atoms. The van der Waals surface area contributed by atoms with Gasteiger partial charge in [-0.15, -0.1) is 0 Å². The molecule has 1 heterocycles. The van der Waals surface area contributed by atoms with E-state index in [-0.39, 0.29) is 0 Å². The fraction of sp³-hybridized carbons (Fsp3) is 0.571. The molecule has 0 saturated heterocycles. The summed E-state index contributed by atoms with van der Waals surface area (Å²) in [5.41, 5.74) is 6.51. The number of rotatable bonds is 5. The van der Waals surface area contributed by atoms with Crippen LogP contribution in [0.1, 0.15) is 36.5 Å². The average molecular weight is 295 g/mol. The number of hydrogen-bond donors (Lipinski definition) is 2. The van der Waals surface area contributed by atoms with Gasteiger partial charge in [0.05, 0.1) is 24.1 Å². The minimum Gasteiger partial charge on any atom is -0.462 e. The number of aromatic nitrogens is 1. The lowest BCUT2D eigenvalue weighted by Gasteiger charge is -2.20. The van der Waals surface area contributed by atoms with Crippen LogP contribution >= 0.6 is 11.8 Å². The first-order valence-electron chi connectivity index (χ1n) is 6.87. The molecule has 3 N–H and O–H groups in total. The SMILES string of the molecule is CCOC(=O)c1cc(NC2CCCC2SC)ncc1N. The largest absolute Gasteiger partial charge is 0.462 e. The lowest BCUT2D eigenvalue weighted by molar-refractivity contribution is 0.0527. The summed E-state index contributed by atoms with van der Waals surface area (Å²) in [6.07, 6.45) is 7.22. The van der Waals surface area contributed by atoms with E-state index in [2.05, 4.69) is 16.6 Å². The van der Waals surface area contributed by atoms with Gasteiger partial charge >= 0.3 is 5.97 Å². The number of carbonyl (C=O) groups excluding carboxylic acids is 1. The third kappa shape index (κ3) is 3.36. The zero-order valence-corrected chi connectivity index (χ0v) is 12.7. The number of esters is 1. The van der Waals surface area contributed by atoms with Gasteiger partial charge in [0.15, 0.2) is 0 Å². The molecule has 1 aromatic heterocycles. The van der Waals surface area contributed by atoms with Gasteiger partial charge in [-0.2, -0.15) is 11.8 Å². The van der Waals surface area contributed by atoms with Crippen molar-refractivity contribution in [2.45, 2.75) is 37.5 Å². The Morgan fingerprint density at radius 3 is 3.10 bits per heavy atom. The van der Waals surface area contributed by atoms with Crippen molar-refractivity contribution in [2.75, 3.05) is 23.9 Å². The van der Waals surface area contributed by atoms with Crippen molar-refractivity contribution in [3.8, 4) is 0 Å². The third-order valence-electron chi connectivity index (χ3n) is 3.52. The third-order valence-corrected chi connectivity index (χ3v) is 4.69. The number of carbonyl (C=O) groups is 1. The minimum atomic E-state index is -0.400. The van der Waals surface area contributed by atoms with Crippen molar-refractivity contribution in [1.29, 1.82) is 0 Å². The molecule has 1 saturated carbocycles. The maximum atomic E-state index is 11.8. The van der Waals surface area contributed by atoms with Crippen molar-refractivity contribution < 1.29 is 9.53 Å². The number of pyridine rings is 1. The van der Waals surface area contributed by atoms with E-state index in [4.69, 9.17) is 10.5 Å². The Balaban J connectivity index is 2.13. The summed E-state index contributed by atoms with van der Waals surface area (Å²) >= 11 is 1.87. The van der Waals surface area contributed by atoms with Crippen LogP contribution < -0.4 is 11.1 Å². The van der Waals surface area contributed by atoms with Crippen molar-refractivity contribution in [2.24, 2.45) is 0 Å². The molecule has 6 heteroatoms. The Hall–Kier alpha value is -1.43. The number of nitrogens with zero attached hydrogens (tertiary/aromatic N) is 1. The van der Waals surface area contributed by atoms with Crippen LogP contribution in [0.2, 0.25) is 0 Å². The smallest absolute Gasteiger partial charge is 0.340 e.